The quantitative estimate of drug-likeness (QED) is 0.653. The van der Waals surface area contributed by atoms with Crippen LogP contribution in [-0.4, -0.2) is 41.8 Å². The SMILES string of the molecule is CS(=O)CCNC(=O)CC1CCNC1. The lowest BCUT2D eigenvalue weighted by Gasteiger charge is -2.08. The Morgan fingerprint density at radius 1 is 1.64 bits per heavy atom. The topological polar surface area (TPSA) is 58.2 Å². The number of carbonyl (C=O) groups is 1. The highest BCUT2D eigenvalue weighted by molar-refractivity contribution is 7.84. The normalized spacial score (nSPS) is 23.4. The van der Waals surface area contributed by atoms with Gasteiger partial charge in [0.05, 0.1) is 0 Å². The summed E-state index contributed by atoms with van der Waals surface area (Å²) in [4.78, 5) is 11.3. The third-order valence-corrected chi connectivity index (χ3v) is 3.13. The third-order valence-electron chi connectivity index (χ3n) is 2.35. The lowest BCUT2D eigenvalue weighted by atomic mass is 10.1. The average molecular weight is 218 g/mol. The zero-order chi connectivity index (χ0) is 10.4. The molecule has 1 saturated heterocycles. The van der Waals surface area contributed by atoms with E-state index in [1.165, 1.54) is 0 Å². The van der Waals surface area contributed by atoms with Crippen LogP contribution >= 0.6 is 0 Å². The Morgan fingerprint density at radius 2 is 2.43 bits per heavy atom. The molecule has 4 nitrogen and oxygen atoms in total. The van der Waals surface area contributed by atoms with Crippen molar-refractivity contribution in [1.82, 2.24) is 10.6 Å². The molecule has 0 aliphatic carbocycles. The summed E-state index contributed by atoms with van der Waals surface area (Å²) in [5.41, 5.74) is 0. The Kier molecular flexibility index (Phi) is 5.11. The van der Waals surface area contributed by atoms with Crippen LogP contribution in [0.3, 0.4) is 0 Å². The molecule has 0 aromatic heterocycles. The van der Waals surface area contributed by atoms with Crippen molar-refractivity contribution in [2.75, 3.05) is 31.6 Å². The summed E-state index contributed by atoms with van der Waals surface area (Å²) in [6.07, 6.45) is 3.34. The Bertz CT molecular complexity index is 215. The summed E-state index contributed by atoms with van der Waals surface area (Å²) >= 11 is 0. The van der Waals surface area contributed by atoms with E-state index in [2.05, 4.69) is 10.6 Å². The molecule has 5 heteroatoms. The van der Waals surface area contributed by atoms with Gasteiger partial charge < -0.3 is 10.6 Å². The van der Waals surface area contributed by atoms with Crippen LogP contribution in [0.5, 0.6) is 0 Å². The number of rotatable bonds is 5. The Morgan fingerprint density at radius 3 is 3.00 bits per heavy atom. The summed E-state index contributed by atoms with van der Waals surface area (Å²) in [5, 5.41) is 6.00. The molecular weight excluding hydrogens is 200 g/mol. The van der Waals surface area contributed by atoms with Gasteiger partial charge in [-0.2, -0.15) is 0 Å². The lowest BCUT2D eigenvalue weighted by molar-refractivity contribution is -0.121. The van der Waals surface area contributed by atoms with Crippen molar-refractivity contribution in [2.24, 2.45) is 5.92 Å². The Balaban J connectivity index is 2.06. The maximum Gasteiger partial charge on any atom is 0.220 e. The Hall–Kier alpha value is -0.420. The van der Waals surface area contributed by atoms with Gasteiger partial charge in [0.1, 0.15) is 0 Å². The molecule has 0 saturated carbocycles. The van der Waals surface area contributed by atoms with Crippen molar-refractivity contribution in [3.8, 4) is 0 Å². The zero-order valence-electron chi connectivity index (χ0n) is 8.54. The molecule has 2 unspecified atom stereocenters. The van der Waals surface area contributed by atoms with E-state index in [1.54, 1.807) is 6.26 Å². The van der Waals surface area contributed by atoms with Crippen LogP contribution in [0.4, 0.5) is 0 Å². The first-order chi connectivity index (χ1) is 6.68. The van der Waals surface area contributed by atoms with Crippen LogP contribution in [0.15, 0.2) is 0 Å². The van der Waals surface area contributed by atoms with E-state index in [9.17, 15) is 9.00 Å². The highest BCUT2D eigenvalue weighted by Crippen LogP contribution is 2.11. The molecule has 1 aliphatic rings. The summed E-state index contributed by atoms with van der Waals surface area (Å²) < 4.78 is 10.7. The highest BCUT2D eigenvalue weighted by atomic mass is 32.2. The second kappa shape index (κ2) is 6.14. The van der Waals surface area contributed by atoms with Crippen molar-refractivity contribution in [1.29, 1.82) is 0 Å². The van der Waals surface area contributed by atoms with Gasteiger partial charge in [0.2, 0.25) is 5.91 Å². The van der Waals surface area contributed by atoms with Crippen LogP contribution in [0.2, 0.25) is 0 Å². The van der Waals surface area contributed by atoms with Crippen LogP contribution < -0.4 is 10.6 Å². The van der Waals surface area contributed by atoms with Gasteiger partial charge in [0, 0.05) is 35.8 Å². The van der Waals surface area contributed by atoms with Crippen molar-refractivity contribution >= 4 is 16.7 Å². The minimum Gasteiger partial charge on any atom is -0.355 e. The molecule has 2 N–H and O–H groups in total. The summed E-state index contributed by atoms with van der Waals surface area (Å²) in [7, 11) is -0.813. The first kappa shape index (κ1) is 11.7. The predicted octanol–water partition coefficient (Wildman–Crippen LogP) is -0.519. The maximum absolute atomic E-state index is 11.3. The average Bonchev–Trinajstić information content (AvgIpc) is 2.56. The van der Waals surface area contributed by atoms with E-state index in [4.69, 9.17) is 0 Å². The Labute approximate surface area is 87.3 Å². The van der Waals surface area contributed by atoms with Crippen LogP contribution in [0, 0.1) is 5.92 Å². The highest BCUT2D eigenvalue weighted by Gasteiger charge is 2.17. The smallest absolute Gasteiger partial charge is 0.220 e. The molecule has 1 heterocycles. The number of amides is 1. The van der Waals surface area contributed by atoms with Gasteiger partial charge in [-0.05, 0) is 25.4 Å². The first-order valence-electron chi connectivity index (χ1n) is 4.96. The second-order valence-electron chi connectivity index (χ2n) is 3.69. The van der Waals surface area contributed by atoms with Gasteiger partial charge in [-0.1, -0.05) is 0 Å². The molecule has 82 valence electrons. The lowest BCUT2D eigenvalue weighted by Crippen LogP contribution is -2.29. The molecule has 1 fully saturated rings. The number of hydrogen-bond acceptors (Lipinski definition) is 3. The molecule has 1 rings (SSSR count). The van der Waals surface area contributed by atoms with Gasteiger partial charge in [-0.15, -0.1) is 0 Å². The standard InChI is InChI=1S/C9H18N2O2S/c1-14(13)5-4-11-9(12)6-8-2-3-10-7-8/h8,10H,2-7H2,1H3,(H,11,12). The van der Waals surface area contributed by atoms with Gasteiger partial charge in [0.25, 0.3) is 0 Å². The molecule has 0 spiro atoms. The fraction of sp³-hybridized carbons (Fsp3) is 0.889. The fourth-order valence-corrected chi connectivity index (χ4v) is 1.95. The van der Waals surface area contributed by atoms with E-state index in [1.807, 2.05) is 0 Å². The monoisotopic (exact) mass is 218 g/mol. The van der Waals surface area contributed by atoms with E-state index in [0.717, 1.165) is 19.5 Å². The van der Waals surface area contributed by atoms with Gasteiger partial charge in [-0.25, -0.2) is 0 Å². The van der Waals surface area contributed by atoms with Crippen molar-refractivity contribution in [3.63, 3.8) is 0 Å². The van der Waals surface area contributed by atoms with Gasteiger partial charge >= 0.3 is 0 Å². The third kappa shape index (κ3) is 4.72. The summed E-state index contributed by atoms with van der Waals surface area (Å²) in [6, 6.07) is 0. The van der Waals surface area contributed by atoms with Crippen molar-refractivity contribution in [2.45, 2.75) is 12.8 Å². The molecular formula is C9H18N2O2S. The van der Waals surface area contributed by atoms with Crippen LogP contribution in [-0.2, 0) is 15.6 Å². The van der Waals surface area contributed by atoms with Crippen molar-refractivity contribution < 1.29 is 9.00 Å². The molecule has 0 radical (unpaired) electrons. The molecule has 14 heavy (non-hydrogen) atoms. The largest absolute Gasteiger partial charge is 0.355 e. The van der Waals surface area contributed by atoms with Crippen LogP contribution in [0.1, 0.15) is 12.8 Å². The maximum atomic E-state index is 11.3. The van der Waals surface area contributed by atoms with Gasteiger partial charge in [-0.3, -0.25) is 9.00 Å². The number of carbonyl (C=O) groups excluding carboxylic acids is 1. The molecule has 1 amide bonds. The summed E-state index contributed by atoms with van der Waals surface area (Å²) in [5.74, 6) is 1.13. The zero-order valence-corrected chi connectivity index (χ0v) is 9.36. The molecule has 0 aromatic rings. The van der Waals surface area contributed by atoms with Gasteiger partial charge in [0.15, 0.2) is 0 Å². The molecule has 0 aromatic carbocycles. The minimum absolute atomic E-state index is 0.0872. The first-order valence-corrected chi connectivity index (χ1v) is 6.68. The number of hydrogen-bond donors (Lipinski definition) is 2. The second-order valence-corrected chi connectivity index (χ2v) is 5.24. The van der Waals surface area contributed by atoms with E-state index in [0.29, 0.717) is 24.6 Å². The van der Waals surface area contributed by atoms with Crippen molar-refractivity contribution in [3.05, 3.63) is 0 Å². The minimum atomic E-state index is -0.813. The molecule has 1 aliphatic heterocycles. The fourth-order valence-electron chi connectivity index (χ4n) is 1.56. The summed E-state index contributed by atoms with van der Waals surface area (Å²) in [6.45, 7) is 2.51. The number of nitrogens with one attached hydrogen (secondary N) is 2. The molecule has 0 bridgehead atoms. The van der Waals surface area contributed by atoms with E-state index in [-0.39, 0.29) is 5.91 Å². The van der Waals surface area contributed by atoms with E-state index < -0.39 is 10.8 Å². The molecule has 2 atom stereocenters. The predicted molar refractivity (Wildman–Crippen MR) is 57.5 cm³/mol. The van der Waals surface area contributed by atoms with Crippen LogP contribution in [0.25, 0.3) is 0 Å². The van der Waals surface area contributed by atoms with E-state index >= 15 is 0 Å².